The molecule has 6 nitrogen and oxygen atoms in total. The van der Waals surface area contributed by atoms with E-state index < -0.39 is 0 Å². The van der Waals surface area contributed by atoms with Crippen LogP contribution in [0.1, 0.15) is 50.5 Å². The van der Waals surface area contributed by atoms with Crippen LogP contribution in [-0.2, 0) is 6.54 Å². The molecule has 33 heavy (non-hydrogen) atoms. The van der Waals surface area contributed by atoms with Crippen LogP contribution in [0.5, 0.6) is 0 Å². The molecule has 0 spiro atoms. The van der Waals surface area contributed by atoms with Crippen molar-refractivity contribution in [2.24, 2.45) is 0 Å². The fourth-order valence-corrected chi connectivity index (χ4v) is 4.75. The molecule has 0 atom stereocenters. The summed E-state index contributed by atoms with van der Waals surface area (Å²) in [7, 11) is 0. The molecule has 5 rings (SSSR count). The molecule has 0 amide bonds. The molecule has 2 aromatic heterocycles. The van der Waals surface area contributed by atoms with Crippen molar-refractivity contribution in [3.63, 3.8) is 0 Å². The normalized spacial score (nSPS) is 17.2. The second kappa shape index (κ2) is 10.3. The molecule has 0 unspecified atom stereocenters. The highest BCUT2D eigenvalue weighted by Gasteiger charge is 2.18. The van der Waals surface area contributed by atoms with Crippen LogP contribution < -0.4 is 10.6 Å². The molecular formula is C26H31FN6. The molecule has 172 valence electrons. The average Bonchev–Trinajstić information content (AvgIpc) is 3.34. The average molecular weight is 447 g/mol. The van der Waals surface area contributed by atoms with E-state index in [0.29, 0.717) is 17.7 Å². The van der Waals surface area contributed by atoms with Crippen molar-refractivity contribution in [2.75, 3.05) is 23.7 Å². The summed E-state index contributed by atoms with van der Waals surface area (Å²) in [6.45, 7) is 3.29. The lowest BCUT2D eigenvalue weighted by Gasteiger charge is -2.24. The third-order valence-electron chi connectivity index (χ3n) is 6.52. The van der Waals surface area contributed by atoms with Crippen LogP contribution in [0.4, 0.5) is 21.8 Å². The van der Waals surface area contributed by atoms with Crippen molar-refractivity contribution in [1.82, 2.24) is 19.9 Å². The van der Waals surface area contributed by atoms with E-state index in [1.807, 2.05) is 12.4 Å². The molecule has 1 saturated carbocycles. The van der Waals surface area contributed by atoms with Crippen LogP contribution in [0, 0.1) is 5.82 Å². The molecule has 2 fully saturated rings. The van der Waals surface area contributed by atoms with Crippen molar-refractivity contribution in [1.29, 1.82) is 0 Å². The number of hydrogen-bond donors (Lipinski definition) is 2. The van der Waals surface area contributed by atoms with Gasteiger partial charge >= 0.3 is 0 Å². The van der Waals surface area contributed by atoms with Crippen LogP contribution in [0.25, 0.3) is 11.3 Å². The minimum Gasteiger partial charge on any atom is -0.367 e. The van der Waals surface area contributed by atoms with E-state index in [4.69, 9.17) is 9.97 Å². The molecule has 2 N–H and O–H groups in total. The van der Waals surface area contributed by atoms with Gasteiger partial charge in [-0.05, 0) is 68.6 Å². The molecule has 1 aliphatic carbocycles. The van der Waals surface area contributed by atoms with Crippen LogP contribution in [0.2, 0.25) is 0 Å². The van der Waals surface area contributed by atoms with Gasteiger partial charge in [0.2, 0.25) is 5.95 Å². The van der Waals surface area contributed by atoms with Crippen LogP contribution in [-0.4, -0.2) is 39.0 Å². The largest absolute Gasteiger partial charge is 0.367 e. The Morgan fingerprint density at radius 2 is 1.79 bits per heavy atom. The van der Waals surface area contributed by atoms with E-state index in [1.165, 1.54) is 62.9 Å². The number of rotatable bonds is 7. The number of nitrogens with one attached hydrogen (secondary N) is 2. The maximum absolute atomic E-state index is 13.6. The first-order chi connectivity index (χ1) is 16.2. The first-order valence-electron chi connectivity index (χ1n) is 12.1. The summed E-state index contributed by atoms with van der Waals surface area (Å²) >= 11 is 0. The number of pyridine rings is 1. The van der Waals surface area contributed by atoms with Gasteiger partial charge in [-0.15, -0.1) is 0 Å². The third kappa shape index (κ3) is 5.66. The minimum atomic E-state index is -0.296. The summed E-state index contributed by atoms with van der Waals surface area (Å²) in [5, 5.41) is 6.77. The molecular weight excluding hydrogens is 415 g/mol. The Labute approximate surface area is 194 Å². The van der Waals surface area contributed by atoms with Crippen molar-refractivity contribution in [3.05, 3.63) is 60.2 Å². The molecule has 1 aliphatic heterocycles. The Morgan fingerprint density at radius 1 is 0.939 bits per heavy atom. The second-order valence-corrected chi connectivity index (χ2v) is 9.11. The summed E-state index contributed by atoms with van der Waals surface area (Å²) < 4.78 is 13.6. The van der Waals surface area contributed by atoms with Crippen molar-refractivity contribution >= 4 is 17.5 Å². The van der Waals surface area contributed by atoms with Gasteiger partial charge in [0.25, 0.3) is 0 Å². The van der Waals surface area contributed by atoms with Gasteiger partial charge in [0.05, 0.1) is 11.3 Å². The van der Waals surface area contributed by atoms with Gasteiger partial charge in [0.15, 0.2) is 0 Å². The van der Waals surface area contributed by atoms with Crippen molar-refractivity contribution in [2.45, 2.75) is 57.5 Å². The lowest BCUT2D eigenvalue weighted by Crippen LogP contribution is -2.23. The highest BCUT2D eigenvalue weighted by Crippen LogP contribution is 2.29. The topological polar surface area (TPSA) is 66.0 Å². The Bertz CT molecular complexity index is 1060. The number of anilines is 3. The zero-order chi connectivity index (χ0) is 22.5. The van der Waals surface area contributed by atoms with E-state index in [0.717, 1.165) is 36.5 Å². The van der Waals surface area contributed by atoms with Gasteiger partial charge in [0, 0.05) is 30.7 Å². The number of likely N-dealkylation sites (tertiary alicyclic amines) is 1. The van der Waals surface area contributed by atoms with Gasteiger partial charge < -0.3 is 10.6 Å². The number of nitrogens with zero attached hydrogens (tertiary/aromatic N) is 4. The maximum Gasteiger partial charge on any atom is 0.229 e. The fraction of sp³-hybridized carbons (Fsp3) is 0.423. The van der Waals surface area contributed by atoms with Gasteiger partial charge in [-0.2, -0.15) is 4.98 Å². The van der Waals surface area contributed by atoms with E-state index in [2.05, 4.69) is 32.7 Å². The summed E-state index contributed by atoms with van der Waals surface area (Å²) in [4.78, 5) is 16.5. The summed E-state index contributed by atoms with van der Waals surface area (Å²) in [5.74, 6) is 0.916. The van der Waals surface area contributed by atoms with Gasteiger partial charge in [-0.1, -0.05) is 31.4 Å². The van der Waals surface area contributed by atoms with E-state index >= 15 is 0 Å². The summed E-state index contributed by atoms with van der Waals surface area (Å²) in [6.07, 6.45) is 12.4. The van der Waals surface area contributed by atoms with E-state index in [9.17, 15) is 4.39 Å². The molecule has 7 heteroatoms. The van der Waals surface area contributed by atoms with Gasteiger partial charge in [-0.3, -0.25) is 9.88 Å². The first kappa shape index (κ1) is 21.8. The fourth-order valence-electron chi connectivity index (χ4n) is 4.75. The lowest BCUT2D eigenvalue weighted by atomic mass is 9.95. The van der Waals surface area contributed by atoms with E-state index in [1.54, 1.807) is 12.1 Å². The molecule has 1 saturated heterocycles. The molecule has 0 radical (unpaired) electrons. The van der Waals surface area contributed by atoms with Crippen molar-refractivity contribution < 1.29 is 4.39 Å². The predicted octanol–water partition coefficient (Wildman–Crippen LogP) is 5.76. The molecule has 3 aromatic rings. The number of benzene rings is 1. The Hall–Kier alpha value is -3.06. The summed E-state index contributed by atoms with van der Waals surface area (Å²) in [5.41, 5.74) is 3.59. The molecule has 0 bridgehead atoms. The number of aromatic nitrogens is 3. The molecule has 2 aliphatic rings. The third-order valence-corrected chi connectivity index (χ3v) is 6.52. The zero-order valence-corrected chi connectivity index (χ0v) is 18.9. The highest BCUT2D eigenvalue weighted by atomic mass is 19.1. The van der Waals surface area contributed by atoms with Crippen LogP contribution in [0.3, 0.4) is 0 Å². The van der Waals surface area contributed by atoms with Crippen LogP contribution >= 0.6 is 0 Å². The van der Waals surface area contributed by atoms with Crippen LogP contribution in [0.15, 0.2) is 48.8 Å². The quantitative estimate of drug-likeness (QED) is 0.481. The second-order valence-electron chi connectivity index (χ2n) is 9.11. The molecule has 3 heterocycles. The predicted molar refractivity (Wildman–Crippen MR) is 130 cm³/mol. The Kier molecular flexibility index (Phi) is 6.76. The Balaban J connectivity index is 1.39. The van der Waals surface area contributed by atoms with Gasteiger partial charge in [0.1, 0.15) is 11.6 Å². The van der Waals surface area contributed by atoms with Crippen molar-refractivity contribution in [3.8, 4) is 11.3 Å². The van der Waals surface area contributed by atoms with E-state index in [-0.39, 0.29) is 5.82 Å². The number of halogens is 1. The SMILES string of the molecule is Fc1cccc(Nc2ncc(-c3ccc(CN4CCCC4)cn3)c(NC3CCCCC3)n2)c1. The highest BCUT2D eigenvalue weighted by molar-refractivity contribution is 5.73. The number of hydrogen-bond acceptors (Lipinski definition) is 6. The van der Waals surface area contributed by atoms with Gasteiger partial charge in [-0.25, -0.2) is 9.37 Å². The maximum atomic E-state index is 13.6. The Morgan fingerprint density at radius 3 is 2.55 bits per heavy atom. The smallest absolute Gasteiger partial charge is 0.229 e. The standard InChI is InChI=1S/C26H31FN6/c27-20-7-6-10-22(15-20)31-26-29-17-23(25(32-26)30-21-8-2-1-3-9-21)24-12-11-19(16-28-24)18-33-13-4-5-14-33/h6-7,10-12,15-17,21H,1-5,8-9,13-14,18H2,(H2,29,30,31,32). The first-order valence-corrected chi connectivity index (χ1v) is 12.1. The monoisotopic (exact) mass is 446 g/mol. The lowest BCUT2D eigenvalue weighted by molar-refractivity contribution is 0.331. The summed E-state index contributed by atoms with van der Waals surface area (Å²) in [6, 6.07) is 10.9. The minimum absolute atomic E-state index is 0.296. The zero-order valence-electron chi connectivity index (χ0n) is 18.9. The molecule has 1 aromatic carbocycles.